The van der Waals surface area contributed by atoms with Crippen LogP contribution in [-0.2, 0) is 14.3 Å². The molecule has 2 aliphatic heterocycles. The van der Waals surface area contributed by atoms with Crippen molar-refractivity contribution < 1.29 is 19.4 Å². The number of allylic oxidation sites excluding steroid dienone is 1. The van der Waals surface area contributed by atoms with E-state index in [0.717, 1.165) is 38.8 Å². The lowest BCUT2D eigenvalue weighted by atomic mass is 9.76. The molecule has 0 aromatic carbocycles. The Morgan fingerprint density at radius 3 is 2.64 bits per heavy atom. The number of aliphatic hydroxyl groups is 1. The summed E-state index contributed by atoms with van der Waals surface area (Å²) in [7, 11) is 0. The van der Waals surface area contributed by atoms with Crippen molar-refractivity contribution in [3.05, 3.63) is 11.8 Å². The van der Waals surface area contributed by atoms with Crippen LogP contribution in [0.25, 0.3) is 0 Å². The second-order valence-electron chi connectivity index (χ2n) is 7.62. The summed E-state index contributed by atoms with van der Waals surface area (Å²) in [6, 6.07) is 0. The predicted octanol–water partition coefficient (Wildman–Crippen LogP) is 3.08. The van der Waals surface area contributed by atoms with Crippen molar-refractivity contribution in [1.82, 2.24) is 4.90 Å². The van der Waals surface area contributed by atoms with Gasteiger partial charge in [-0.1, -0.05) is 12.8 Å². The number of carbonyl (C=O) groups is 1. The summed E-state index contributed by atoms with van der Waals surface area (Å²) in [5.74, 6) is 1.69. The zero-order valence-corrected chi connectivity index (χ0v) is 15.5. The smallest absolute Gasteiger partial charge is 0.288 e. The maximum atomic E-state index is 12.9. The van der Waals surface area contributed by atoms with Gasteiger partial charge in [0.2, 0.25) is 6.29 Å². The molecule has 2 fully saturated rings. The third-order valence-electron chi connectivity index (χ3n) is 6.01. The van der Waals surface area contributed by atoms with Crippen molar-refractivity contribution in [2.24, 2.45) is 17.8 Å². The van der Waals surface area contributed by atoms with E-state index in [-0.39, 0.29) is 24.7 Å². The fourth-order valence-electron chi connectivity index (χ4n) is 4.73. The molecule has 25 heavy (non-hydrogen) atoms. The Morgan fingerprint density at radius 2 is 2.00 bits per heavy atom. The summed E-state index contributed by atoms with van der Waals surface area (Å²) in [6.45, 7) is 4.40. The van der Waals surface area contributed by atoms with Gasteiger partial charge in [0.05, 0.1) is 0 Å². The van der Waals surface area contributed by atoms with E-state index in [2.05, 4.69) is 6.08 Å². The number of likely N-dealkylation sites (tertiary alicyclic amines) is 1. The van der Waals surface area contributed by atoms with Crippen LogP contribution in [0.3, 0.4) is 0 Å². The molecule has 1 aliphatic carbocycles. The first-order valence-corrected chi connectivity index (χ1v) is 10.1. The summed E-state index contributed by atoms with van der Waals surface area (Å²) in [4.78, 5) is 14.8. The van der Waals surface area contributed by atoms with Crippen LogP contribution in [0.1, 0.15) is 58.3 Å². The monoisotopic (exact) mass is 351 g/mol. The average molecular weight is 351 g/mol. The number of hydrogen-bond acceptors (Lipinski definition) is 4. The van der Waals surface area contributed by atoms with E-state index >= 15 is 0 Å². The fourth-order valence-corrected chi connectivity index (χ4v) is 4.73. The van der Waals surface area contributed by atoms with Gasteiger partial charge in [0.1, 0.15) is 0 Å². The topological polar surface area (TPSA) is 59.0 Å². The molecule has 5 nitrogen and oxygen atoms in total. The predicted molar refractivity (Wildman–Crippen MR) is 95.7 cm³/mol. The first-order chi connectivity index (χ1) is 12.2. The Balaban J connectivity index is 1.82. The van der Waals surface area contributed by atoms with Crippen molar-refractivity contribution in [2.75, 3.05) is 26.3 Å². The lowest BCUT2D eigenvalue weighted by Gasteiger charge is -2.40. The standard InChI is InChI=1S/C20H33NO4/c1-2-24-20-16(10-7-13-22)17(15-8-3-4-9-15)14-18(25-20)19(23)21-11-5-6-12-21/h14-17,20,22H,2-13H2,1H3/t16-,17-,20-/m0/s1. The molecule has 0 spiro atoms. The molecule has 1 saturated carbocycles. The highest BCUT2D eigenvalue weighted by molar-refractivity contribution is 5.91. The van der Waals surface area contributed by atoms with Crippen molar-refractivity contribution in [3.63, 3.8) is 0 Å². The van der Waals surface area contributed by atoms with Gasteiger partial charge in [0, 0.05) is 32.2 Å². The van der Waals surface area contributed by atoms with Crippen LogP contribution in [-0.4, -0.2) is 48.5 Å². The molecule has 0 bridgehead atoms. The van der Waals surface area contributed by atoms with E-state index in [1.54, 1.807) is 0 Å². The first kappa shape index (κ1) is 18.7. The summed E-state index contributed by atoms with van der Waals surface area (Å²) in [6.07, 6.45) is 10.5. The van der Waals surface area contributed by atoms with Crippen molar-refractivity contribution in [3.8, 4) is 0 Å². The van der Waals surface area contributed by atoms with Crippen LogP contribution in [0.2, 0.25) is 0 Å². The maximum Gasteiger partial charge on any atom is 0.288 e. The summed E-state index contributed by atoms with van der Waals surface area (Å²) in [5.41, 5.74) is 0. The highest BCUT2D eigenvalue weighted by atomic mass is 16.7. The van der Waals surface area contributed by atoms with Crippen LogP contribution in [0.15, 0.2) is 11.8 Å². The molecule has 142 valence electrons. The number of hydrogen-bond donors (Lipinski definition) is 1. The Hall–Kier alpha value is -1.07. The van der Waals surface area contributed by atoms with Gasteiger partial charge < -0.3 is 19.5 Å². The minimum Gasteiger partial charge on any atom is -0.459 e. The molecule has 0 aromatic rings. The van der Waals surface area contributed by atoms with E-state index in [4.69, 9.17) is 9.47 Å². The van der Waals surface area contributed by atoms with Gasteiger partial charge in [-0.15, -0.1) is 0 Å². The minimum atomic E-state index is -0.367. The average Bonchev–Trinajstić information content (AvgIpc) is 3.33. The first-order valence-electron chi connectivity index (χ1n) is 10.1. The van der Waals surface area contributed by atoms with Crippen LogP contribution in [0, 0.1) is 17.8 Å². The molecular formula is C20H33NO4. The molecule has 2 heterocycles. The third kappa shape index (κ3) is 4.37. The molecule has 3 aliphatic rings. The molecule has 1 saturated heterocycles. The Bertz CT molecular complexity index is 466. The van der Waals surface area contributed by atoms with Gasteiger partial charge in [0.15, 0.2) is 5.76 Å². The number of carbonyl (C=O) groups excluding carboxylic acids is 1. The lowest BCUT2D eigenvalue weighted by molar-refractivity contribution is -0.178. The van der Waals surface area contributed by atoms with Crippen molar-refractivity contribution >= 4 is 5.91 Å². The number of amides is 1. The quantitative estimate of drug-likeness (QED) is 0.766. The van der Waals surface area contributed by atoms with E-state index in [9.17, 15) is 9.90 Å². The van der Waals surface area contributed by atoms with Gasteiger partial charge in [0.25, 0.3) is 5.91 Å². The second-order valence-corrected chi connectivity index (χ2v) is 7.62. The van der Waals surface area contributed by atoms with E-state index in [1.807, 2.05) is 11.8 Å². The van der Waals surface area contributed by atoms with Gasteiger partial charge in [-0.25, -0.2) is 0 Å². The molecule has 3 atom stereocenters. The molecule has 0 radical (unpaired) electrons. The van der Waals surface area contributed by atoms with Crippen LogP contribution < -0.4 is 0 Å². The number of rotatable bonds is 7. The molecule has 1 amide bonds. The van der Waals surface area contributed by atoms with Crippen LogP contribution in [0.4, 0.5) is 0 Å². The number of ether oxygens (including phenoxy) is 2. The Labute approximate surface area is 151 Å². The van der Waals surface area contributed by atoms with Crippen molar-refractivity contribution in [2.45, 2.75) is 64.6 Å². The van der Waals surface area contributed by atoms with E-state index in [0.29, 0.717) is 24.2 Å². The molecule has 5 heteroatoms. The minimum absolute atomic E-state index is 0.0332. The van der Waals surface area contributed by atoms with Crippen LogP contribution >= 0.6 is 0 Å². The number of nitrogens with zero attached hydrogens (tertiary/aromatic N) is 1. The Morgan fingerprint density at radius 1 is 1.28 bits per heavy atom. The molecule has 0 aromatic heterocycles. The summed E-state index contributed by atoms with van der Waals surface area (Å²) < 4.78 is 12.0. The molecule has 3 rings (SSSR count). The van der Waals surface area contributed by atoms with Gasteiger partial charge in [-0.3, -0.25) is 4.79 Å². The van der Waals surface area contributed by atoms with Crippen molar-refractivity contribution in [1.29, 1.82) is 0 Å². The Kier molecular flexibility index (Phi) is 6.77. The highest BCUT2D eigenvalue weighted by Crippen LogP contribution is 2.43. The van der Waals surface area contributed by atoms with Gasteiger partial charge >= 0.3 is 0 Å². The number of aliphatic hydroxyl groups excluding tert-OH is 1. The highest BCUT2D eigenvalue weighted by Gasteiger charge is 2.42. The van der Waals surface area contributed by atoms with E-state index in [1.165, 1.54) is 25.7 Å². The second kappa shape index (κ2) is 9.04. The summed E-state index contributed by atoms with van der Waals surface area (Å²) >= 11 is 0. The molecule has 0 unspecified atom stereocenters. The third-order valence-corrected chi connectivity index (χ3v) is 6.01. The van der Waals surface area contributed by atoms with Gasteiger partial charge in [-0.2, -0.15) is 0 Å². The SMILES string of the molecule is CCO[C@H]1OC(C(=O)N2CCCC2)=C[C@@H](C2CCCC2)[C@@H]1CCCO. The van der Waals surface area contributed by atoms with Gasteiger partial charge in [-0.05, 0) is 63.4 Å². The zero-order valence-electron chi connectivity index (χ0n) is 15.5. The summed E-state index contributed by atoms with van der Waals surface area (Å²) in [5, 5.41) is 9.29. The zero-order chi connectivity index (χ0) is 17.6. The lowest BCUT2D eigenvalue weighted by Crippen LogP contribution is -2.42. The van der Waals surface area contributed by atoms with Crippen LogP contribution in [0.5, 0.6) is 0 Å². The molecular weight excluding hydrogens is 318 g/mol. The normalized spacial score (nSPS) is 30.4. The fraction of sp³-hybridized carbons (Fsp3) is 0.850. The molecule has 1 N–H and O–H groups in total. The largest absolute Gasteiger partial charge is 0.459 e. The van der Waals surface area contributed by atoms with E-state index < -0.39 is 0 Å². The maximum absolute atomic E-state index is 12.9.